The SMILES string of the molecule is CCOc1cccc(Cn2nc(C)c(-c3c[nH]c4ncc(-c5ccc(N6CCN(Cl)CC6)cc5)cc34)c2C)c1. The fourth-order valence-electron chi connectivity index (χ4n) is 5.49. The van der Waals surface area contributed by atoms with Gasteiger partial charge in [0.15, 0.2) is 0 Å². The molecule has 0 saturated carbocycles. The second kappa shape index (κ2) is 10.8. The fourth-order valence-corrected chi connectivity index (χ4v) is 5.64. The summed E-state index contributed by atoms with van der Waals surface area (Å²) in [5.41, 5.74) is 9.91. The highest BCUT2D eigenvalue weighted by atomic mass is 35.5. The average molecular weight is 541 g/mol. The normalized spacial score (nSPS) is 14.3. The van der Waals surface area contributed by atoms with Gasteiger partial charge in [-0.25, -0.2) is 9.40 Å². The number of rotatable bonds is 7. The monoisotopic (exact) mass is 540 g/mol. The van der Waals surface area contributed by atoms with Crippen LogP contribution in [0.15, 0.2) is 67.0 Å². The van der Waals surface area contributed by atoms with Gasteiger partial charge in [0.05, 0.1) is 18.8 Å². The molecule has 1 N–H and O–H groups in total. The van der Waals surface area contributed by atoms with Gasteiger partial charge in [-0.05, 0) is 74.0 Å². The number of anilines is 1. The van der Waals surface area contributed by atoms with Gasteiger partial charge in [0.2, 0.25) is 0 Å². The van der Waals surface area contributed by atoms with E-state index in [1.807, 2.05) is 29.7 Å². The molecule has 4 heterocycles. The molecular weight excluding hydrogens is 508 g/mol. The number of halogens is 1. The zero-order chi connectivity index (χ0) is 26.9. The van der Waals surface area contributed by atoms with Crippen LogP contribution in [0.2, 0.25) is 0 Å². The summed E-state index contributed by atoms with van der Waals surface area (Å²) in [6.07, 6.45) is 4.00. The average Bonchev–Trinajstić information content (AvgIpc) is 3.48. The van der Waals surface area contributed by atoms with Gasteiger partial charge in [-0.15, -0.1) is 0 Å². The van der Waals surface area contributed by atoms with Crippen LogP contribution in [0.3, 0.4) is 0 Å². The molecule has 200 valence electrons. The third-order valence-electron chi connectivity index (χ3n) is 7.51. The minimum absolute atomic E-state index is 0.653. The molecule has 7 nitrogen and oxygen atoms in total. The fraction of sp³-hybridized carbons (Fsp3) is 0.290. The van der Waals surface area contributed by atoms with Crippen LogP contribution in [0, 0.1) is 13.8 Å². The van der Waals surface area contributed by atoms with Crippen molar-refractivity contribution in [1.82, 2.24) is 24.2 Å². The van der Waals surface area contributed by atoms with Crippen LogP contribution in [0.1, 0.15) is 23.9 Å². The number of hydrogen-bond acceptors (Lipinski definition) is 5. The molecule has 8 heteroatoms. The van der Waals surface area contributed by atoms with Crippen LogP contribution in [0.25, 0.3) is 33.3 Å². The predicted octanol–water partition coefficient (Wildman–Crippen LogP) is 6.43. The van der Waals surface area contributed by atoms with Crippen molar-refractivity contribution < 1.29 is 4.74 Å². The molecule has 0 aliphatic carbocycles. The van der Waals surface area contributed by atoms with E-state index >= 15 is 0 Å². The van der Waals surface area contributed by atoms with Crippen molar-refractivity contribution in [2.24, 2.45) is 0 Å². The Morgan fingerprint density at radius 2 is 1.77 bits per heavy atom. The molecule has 0 unspecified atom stereocenters. The quantitative estimate of drug-likeness (QED) is 0.241. The molecule has 39 heavy (non-hydrogen) atoms. The molecule has 1 fully saturated rings. The van der Waals surface area contributed by atoms with Crippen LogP contribution >= 0.6 is 11.8 Å². The number of ether oxygens (including phenoxy) is 1. The molecule has 1 aliphatic heterocycles. The molecule has 6 rings (SSSR count). The summed E-state index contributed by atoms with van der Waals surface area (Å²) in [4.78, 5) is 10.5. The number of aryl methyl sites for hydroxylation is 1. The number of nitrogens with zero attached hydrogens (tertiary/aromatic N) is 5. The summed E-state index contributed by atoms with van der Waals surface area (Å²) in [5.74, 6) is 0.887. The maximum Gasteiger partial charge on any atom is 0.137 e. The van der Waals surface area contributed by atoms with Gasteiger partial charge in [0, 0.05) is 72.0 Å². The molecule has 1 aliphatic rings. The zero-order valence-corrected chi connectivity index (χ0v) is 23.4. The van der Waals surface area contributed by atoms with Crippen molar-refractivity contribution in [3.63, 3.8) is 0 Å². The first kappa shape index (κ1) is 25.5. The first-order valence-corrected chi connectivity index (χ1v) is 13.8. The van der Waals surface area contributed by atoms with Crippen molar-refractivity contribution in [2.75, 3.05) is 37.7 Å². The molecule has 0 radical (unpaired) electrons. The number of benzene rings is 2. The minimum atomic E-state index is 0.653. The van der Waals surface area contributed by atoms with E-state index in [9.17, 15) is 0 Å². The van der Waals surface area contributed by atoms with Crippen LogP contribution in [-0.4, -0.2) is 57.0 Å². The van der Waals surface area contributed by atoms with Crippen molar-refractivity contribution in [3.05, 3.63) is 83.9 Å². The second-order valence-corrected chi connectivity index (χ2v) is 10.5. The van der Waals surface area contributed by atoms with Crippen molar-refractivity contribution in [3.8, 4) is 28.0 Å². The maximum atomic E-state index is 6.13. The Hall–Kier alpha value is -3.81. The minimum Gasteiger partial charge on any atom is -0.494 e. The molecule has 0 amide bonds. The van der Waals surface area contributed by atoms with E-state index in [4.69, 9.17) is 26.6 Å². The summed E-state index contributed by atoms with van der Waals surface area (Å²) in [6.45, 7) is 11.2. The van der Waals surface area contributed by atoms with Crippen LogP contribution in [0.4, 0.5) is 5.69 Å². The molecule has 5 aromatic rings. The Morgan fingerprint density at radius 3 is 2.54 bits per heavy atom. The van der Waals surface area contributed by atoms with E-state index in [0.717, 1.165) is 82.2 Å². The molecule has 0 atom stereocenters. The first-order valence-electron chi connectivity index (χ1n) is 13.5. The smallest absolute Gasteiger partial charge is 0.137 e. The molecule has 3 aromatic heterocycles. The Kier molecular flexibility index (Phi) is 7.02. The van der Waals surface area contributed by atoms with E-state index in [1.165, 1.54) is 5.69 Å². The second-order valence-electron chi connectivity index (χ2n) is 10.1. The Labute approximate surface area is 234 Å². The number of aromatic nitrogens is 4. The Morgan fingerprint density at radius 1 is 0.974 bits per heavy atom. The lowest BCUT2D eigenvalue weighted by Crippen LogP contribution is -2.42. The molecule has 0 bridgehead atoms. The topological polar surface area (TPSA) is 62.2 Å². The highest BCUT2D eigenvalue weighted by molar-refractivity contribution is 6.13. The van der Waals surface area contributed by atoms with Gasteiger partial charge in [-0.3, -0.25) is 4.68 Å². The van der Waals surface area contributed by atoms with E-state index in [1.54, 1.807) is 0 Å². The van der Waals surface area contributed by atoms with Crippen molar-refractivity contribution >= 4 is 28.5 Å². The first-order chi connectivity index (χ1) is 19.0. The van der Waals surface area contributed by atoms with Crippen LogP contribution in [-0.2, 0) is 6.54 Å². The zero-order valence-electron chi connectivity index (χ0n) is 22.6. The summed E-state index contributed by atoms with van der Waals surface area (Å²) >= 11 is 6.13. The van der Waals surface area contributed by atoms with Gasteiger partial charge >= 0.3 is 0 Å². The highest BCUT2D eigenvalue weighted by Gasteiger charge is 2.19. The lowest BCUT2D eigenvalue weighted by atomic mass is 10.0. The van der Waals surface area contributed by atoms with E-state index < -0.39 is 0 Å². The van der Waals surface area contributed by atoms with Crippen LogP contribution < -0.4 is 9.64 Å². The number of nitrogens with one attached hydrogen (secondary N) is 1. The Balaban J connectivity index is 1.29. The van der Waals surface area contributed by atoms with E-state index in [2.05, 4.69) is 77.1 Å². The Bertz CT molecular complexity index is 1600. The maximum absolute atomic E-state index is 6.13. The summed E-state index contributed by atoms with van der Waals surface area (Å²) in [7, 11) is 0. The number of piperazine rings is 1. The predicted molar refractivity (Wildman–Crippen MR) is 159 cm³/mol. The van der Waals surface area contributed by atoms with E-state index in [0.29, 0.717) is 13.2 Å². The van der Waals surface area contributed by atoms with Crippen molar-refractivity contribution in [1.29, 1.82) is 0 Å². The lowest BCUT2D eigenvalue weighted by Gasteiger charge is -2.32. The van der Waals surface area contributed by atoms with Gasteiger partial charge in [-0.1, -0.05) is 24.3 Å². The number of hydrogen-bond donors (Lipinski definition) is 1. The van der Waals surface area contributed by atoms with Crippen molar-refractivity contribution in [2.45, 2.75) is 27.3 Å². The number of H-pyrrole nitrogens is 1. The summed E-state index contributed by atoms with van der Waals surface area (Å²) in [6, 6.07) is 19.2. The lowest BCUT2D eigenvalue weighted by molar-refractivity contribution is 0.340. The summed E-state index contributed by atoms with van der Waals surface area (Å²) < 4.78 is 9.62. The van der Waals surface area contributed by atoms with Crippen LogP contribution in [0.5, 0.6) is 5.75 Å². The largest absolute Gasteiger partial charge is 0.494 e. The van der Waals surface area contributed by atoms with Gasteiger partial charge in [0.25, 0.3) is 0 Å². The number of fused-ring (bicyclic) bond motifs is 1. The highest BCUT2D eigenvalue weighted by Crippen LogP contribution is 2.35. The van der Waals surface area contributed by atoms with Gasteiger partial charge in [0.1, 0.15) is 11.4 Å². The molecule has 2 aromatic carbocycles. The molecule has 1 saturated heterocycles. The van der Waals surface area contributed by atoms with Gasteiger partial charge in [-0.2, -0.15) is 5.10 Å². The molecule has 0 spiro atoms. The third-order valence-corrected chi connectivity index (χ3v) is 7.85. The third kappa shape index (κ3) is 5.12. The standard InChI is InChI=1S/C31H33ClN6O/c1-4-39-27-7-5-6-23(16-27)20-38-22(3)30(21(2)35-38)29-19-34-31-28(29)17-25(18-33-31)24-8-10-26(11-9-24)36-12-14-37(32)15-13-36/h5-11,16-19H,4,12-15,20H2,1-3H3,(H,33,34). The van der Waals surface area contributed by atoms with Gasteiger partial charge < -0.3 is 14.6 Å². The number of pyridine rings is 1. The van der Waals surface area contributed by atoms with E-state index in [-0.39, 0.29) is 0 Å². The number of aromatic amines is 1. The summed E-state index contributed by atoms with van der Waals surface area (Å²) in [5, 5.41) is 6.01. The molecular formula is C31H33ClN6O.